The molecule has 0 fully saturated rings. The number of nitrogens with zero attached hydrogens (tertiary/aromatic N) is 1. The predicted octanol–water partition coefficient (Wildman–Crippen LogP) is 19.5. The Labute approximate surface area is 457 Å². The van der Waals surface area contributed by atoms with Gasteiger partial charge in [0.2, 0.25) is 0 Å². The normalized spacial score (nSPS) is 13.6. The van der Waals surface area contributed by atoms with E-state index in [-0.39, 0.29) is 32.0 Å². The van der Waals surface area contributed by atoms with E-state index < -0.39 is 26.5 Å². The fourth-order valence-corrected chi connectivity index (χ4v) is 9.51. The lowest BCUT2D eigenvalue weighted by molar-refractivity contribution is -0.870. The average Bonchev–Trinajstić information content (AvgIpc) is 3.36. The molecule has 0 aromatic carbocycles. The second-order valence-electron chi connectivity index (χ2n) is 22.1. The molecule has 2 atom stereocenters. The topological polar surface area (TPSA) is 108 Å². The van der Waals surface area contributed by atoms with E-state index in [9.17, 15) is 19.0 Å². The molecule has 0 bridgehead atoms. The van der Waals surface area contributed by atoms with Crippen molar-refractivity contribution in [3.05, 3.63) is 60.8 Å². The average molecular weight is 1060 g/mol. The minimum Gasteiger partial charge on any atom is -0.462 e. The van der Waals surface area contributed by atoms with Crippen molar-refractivity contribution in [2.45, 2.75) is 290 Å². The third kappa shape index (κ3) is 59.0. The zero-order valence-electron chi connectivity index (χ0n) is 49.1. The molecule has 1 N–H and O–H groups in total. The number of carbonyl (C=O) groups excluding carboxylic acids is 2. The molecule has 2 unspecified atom stereocenters. The molecular weight excluding hydrogens is 942 g/mol. The quantitative estimate of drug-likeness (QED) is 0.0211. The molecule has 0 aliphatic rings. The van der Waals surface area contributed by atoms with Crippen LogP contribution >= 0.6 is 7.82 Å². The Morgan fingerprint density at radius 3 is 1.19 bits per heavy atom. The Bertz CT molecular complexity index is 1430. The fraction of sp³-hybridized carbons (Fsp3) is 0.812. The van der Waals surface area contributed by atoms with Crippen LogP contribution in [-0.4, -0.2) is 74.9 Å². The van der Waals surface area contributed by atoms with Crippen molar-refractivity contribution in [1.29, 1.82) is 0 Å². The van der Waals surface area contributed by atoms with E-state index >= 15 is 0 Å². The zero-order chi connectivity index (χ0) is 54.2. The van der Waals surface area contributed by atoms with Crippen molar-refractivity contribution in [3.8, 4) is 0 Å². The van der Waals surface area contributed by atoms with Gasteiger partial charge < -0.3 is 18.9 Å². The predicted molar refractivity (Wildman–Crippen MR) is 316 cm³/mol. The van der Waals surface area contributed by atoms with Crippen LogP contribution in [0.1, 0.15) is 284 Å². The van der Waals surface area contributed by atoms with Crippen molar-refractivity contribution < 1.29 is 42.1 Å². The molecule has 0 aliphatic carbocycles. The molecule has 0 rings (SSSR count). The molecule has 0 saturated heterocycles. The molecule has 9 nitrogen and oxygen atoms in total. The third-order valence-corrected chi connectivity index (χ3v) is 14.5. The van der Waals surface area contributed by atoms with Gasteiger partial charge in [0, 0.05) is 12.8 Å². The van der Waals surface area contributed by atoms with Crippen molar-refractivity contribution in [3.63, 3.8) is 0 Å². The summed E-state index contributed by atoms with van der Waals surface area (Å²) in [6.07, 6.45) is 72.0. The number of likely N-dealkylation sites (N-methyl/N-ethyl adjacent to an activating group) is 1. The number of hydrogen-bond acceptors (Lipinski definition) is 7. The summed E-state index contributed by atoms with van der Waals surface area (Å²) in [5, 5.41) is 0. The number of allylic oxidation sites excluding steroid dienone is 10. The summed E-state index contributed by atoms with van der Waals surface area (Å²) in [6.45, 7) is 4.29. The maximum atomic E-state index is 12.7. The van der Waals surface area contributed by atoms with E-state index in [1.807, 2.05) is 21.1 Å². The van der Waals surface area contributed by atoms with Crippen LogP contribution in [0.15, 0.2) is 60.8 Å². The molecule has 74 heavy (non-hydrogen) atoms. The number of quaternary nitrogens is 1. The summed E-state index contributed by atoms with van der Waals surface area (Å²) in [7, 11) is 1.45. The molecule has 0 saturated carbocycles. The largest absolute Gasteiger partial charge is 0.472 e. The van der Waals surface area contributed by atoms with Crippen molar-refractivity contribution in [2.75, 3.05) is 47.5 Å². The fourth-order valence-electron chi connectivity index (χ4n) is 8.77. The van der Waals surface area contributed by atoms with E-state index in [1.54, 1.807) is 0 Å². The van der Waals surface area contributed by atoms with Gasteiger partial charge in [0.1, 0.15) is 19.8 Å². The lowest BCUT2D eigenvalue weighted by Gasteiger charge is -2.24. The first-order chi connectivity index (χ1) is 36.0. The van der Waals surface area contributed by atoms with Crippen LogP contribution in [0.2, 0.25) is 0 Å². The Kier molecular flexibility index (Phi) is 53.7. The monoisotopic (exact) mass is 1060 g/mol. The maximum absolute atomic E-state index is 12.7. The van der Waals surface area contributed by atoms with E-state index in [1.165, 1.54) is 193 Å². The summed E-state index contributed by atoms with van der Waals surface area (Å²) in [6, 6.07) is 0. The van der Waals surface area contributed by atoms with Gasteiger partial charge in [0.15, 0.2) is 6.10 Å². The minimum atomic E-state index is -4.40. The SMILES string of the molecule is CC/C=C\C/C=C\C/C=C\C/C=C\CCCCC(=O)OC(COC(=O)CCCCCCCCCCCCCCCCCCCCCCCCC/C=C\CCCCCCCCCC)COP(=O)(O)OCC[N+](C)(C)C. The molecular formula is C64H119NO8P+. The van der Waals surface area contributed by atoms with Gasteiger partial charge in [-0.1, -0.05) is 254 Å². The summed E-state index contributed by atoms with van der Waals surface area (Å²) < 4.78 is 34.5. The highest BCUT2D eigenvalue weighted by molar-refractivity contribution is 7.47. The Balaban J connectivity index is 3.96. The van der Waals surface area contributed by atoms with E-state index in [4.69, 9.17) is 18.5 Å². The van der Waals surface area contributed by atoms with Gasteiger partial charge in [0.05, 0.1) is 27.7 Å². The summed E-state index contributed by atoms with van der Waals surface area (Å²) in [5.41, 5.74) is 0. The maximum Gasteiger partial charge on any atom is 0.472 e. The van der Waals surface area contributed by atoms with Gasteiger partial charge in [-0.25, -0.2) is 4.57 Å². The number of hydrogen-bond donors (Lipinski definition) is 1. The first-order valence-corrected chi connectivity index (χ1v) is 32.5. The van der Waals surface area contributed by atoms with Gasteiger partial charge >= 0.3 is 19.8 Å². The number of esters is 2. The van der Waals surface area contributed by atoms with Crippen molar-refractivity contribution >= 4 is 19.8 Å². The molecule has 0 amide bonds. The van der Waals surface area contributed by atoms with Crippen molar-refractivity contribution in [1.82, 2.24) is 0 Å². The standard InChI is InChI=1S/C64H118NO8P/c1-6-8-10-12-14-16-18-20-22-23-24-25-26-27-28-29-30-31-32-33-34-35-36-37-38-39-40-41-43-44-46-48-50-52-54-56-63(66)70-60-62(61-72-74(68,69)71-59-58-65(3,4)5)73-64(67)57-55-53-51-49-47-45-42-21-19-17-15-13-11-9-7-2/h9,11,15,17,21,23-24,42,47,49,62H,6-8,10,12-14,16,18-20,22,25-41,43-46,48,50-61H2,1-5H3/p+1/b11-9-,17-15-,24-23-,42-21-,49-47-. The number of phosphoric acid groups is 1. The Morgan fingerprint density at radius 1 is 0.432 bits per heavy atom. The van der Waals surface area contributed by atoms with Gasteiger partial charge in [0.25, 0.3) is 0 Å². The molecule has 10 heteroatoms. The van der Waals surface area contributed by atoms with Gasteiger partial charge in [-0.05, 0) is 77.0 Å². The number of unbranched alkanes of at least 4 members (excludes halogenated alkanes) is 33. The van der Waals surface area contributed by atoms with Gasteiger partial charge in [-0.3, -0.25) is 18.6 Å². The molecule has 0 aromatic heterocycles. The van der Waals surface area contributed by atoms with Crippen LogP contribution < -0.4 is 0 Å². The first-order valence-electron chi connectivity index (χ1n) is 31.0. The van der Waals surface area contributed by atoms with Crippen LogP contribution in [0, 0.1) is 0 Å². The van der Waals surface area contributed by atoms with Crippen molar-refractivity contribution in [2.24, 2.45) is 0 Å². The summed E-state index contributed by atoms with van der Waals surface area (Å²) >= 11 is 0. The molecule has 0 spiro atoms. The van der Waals surface area contributed by atoms with E-state index in [0.717, 1.165) is 57.8 Å². The van der Waals surface area contributed by atoms with Crippen LogP contribution in [0.4, 0.5) is 0 Å². The van der Waals surface area contributed by atoms with E-state index in [0.29, 0.717) is 17.4 Å². The molecule has 0 radical (unpaired) electrons. The van der Waals surface area contributed by atoms with Gasteiger partial charge in [-0.15, -0.1) is 0 Å². The lowest BCUT2D eigenvalue weighted by Crippen LogP contribution is -2.37. The molecule has 0 aromatic rings. The molecule has 432 valence electrons. The minimum absolute atomic E-state index is 0.0228. The van der Waals surface area contributed by atoms with Crippen LogP contribution in [0.5, 0.6) is 0 Å². The second-order valence-corrected chi connectivity index (χ2v) is 23.5. The molecule has 0 aliphatic heterocycles. The highest BCUT2D eigenvalue weighted by Gasteiger charge is 2.27. The third-order valence-electron chi connectivity index (χ3n) is 13.5. The zero-order valence-corrected chi connectivity index (χ0v) is 50.0. The first kappa shape index (κ1) is 71.7. The van der Waals surface area contributed by atoms with Crippen LogP contribution in [-0.2, 0) is 32.7 Å². The Morgan fingerprint density at radius 2 is 0.770 bits per heavy atom. The highest BCUT2D eigenvalue weighted by atomic mass is 31.2. The number of carbonyl (C=O) groups is 2. The Hall–Kier alpha value is -2.29. The smallest absolute Gasteiger partial charge is 0.462 e. The second kappa shape index (κ2) is 55.5. The summed E-state index contributed by atoms with van der Waals surface area (Å²) in [5.74, 6) is -0.839. The van der Waals surface area contributed by atoms with E-state index in [2.05, 4.69) is 74.6 Å². The van der Waals surface area contributed by atoms with Gasteiger partial charge in [-0.2, -0.15) is 0 Å². The number of phosphoric ester groups is 1. The lowest BCUT2D eigenvalue weighted by atomic mass is 10.0. The van der Waals surface area contributed by atoms with Crippen LogP contribution in [0.3, 0.4) is 0 Å². The number of rotatable bonds is 57. The molecule has 0 heterocycles. The summed E-state index contributed by atoms with van der Waals surface area (Å²) in [4.78, 5) is 35.6. The van der Waals surface area contributed by atoms with Crippen LogP contribution in [0.25, 0.3) is 0 Å². The number of ether oxygens (including phenoxy) is 2. The highest BCUT2D eigenvalue weighted by Crippen LogP contribution is 2.43.